The number of likely N-dealkylation sites (tertiary alicyclic amines) is 1. The summed E-state index contributed by atoms with van der Waals surface area (Å²) in [5.74, 6) is -0.388. The molecule has 1 unspecified atom stereocenters. The molecule has 0 aromatic heterocycles. The lowest BCUT2D eigenvalue weighted by atomic mass is 9.78. The highest BCUT2D eigenvalue weighted by atomic mass is 16.5. The van der Waals surface area contributed by atoms with Crippen LogP contribution in [0.25, 0.3) is 0 Å². The van der Waals surface area contributed by atoms with Gasteiger partial charge in [-0.15, -0.1) is 0 Å². The first-order chi connectivity index (χ1) is 8.51. The topological polar surface area (TPSA) is 66.8 Å². The molecule has 2 aliphatic rings. The van der Waals surface area contributed by atoms with Gasteiger partial charge in [0.1, 0.15) is 0 Å². The van der Waals surface area contributed by atoms with Crippen LogP contribution in [0.1, 0.15) is 39.0 Å². The first-order valence-electron chi connectivity index (χ1n) is 6.62. The molecule has 2 saturated heterocycles. The van der Waals surface area contributed by atoms with Gasteiger partial charge in [0.05, 0.1) is 5.60 Å². The number of rotatable bonds is 2. The van der Waals surface area contributed by atoms with Crippen molar-refractivity contribution >= 4 is 11.9 Å². The van der Waals surface area contributed by atoms with Crippen molar-refractivity contribution in [3.05, 3.63) is 0 Å². The fourth-order valence-electron chi connectivity index (χ4n) is 3.13. The van der Waals surface area contributed by atoms with Gasteiger partial charge in [0.2, 0.25) is 5.91 Å². The molecule has 5 heteroatoms. The molecule has 18 heavy (non-hydrogen) atoms. The largest absolute Gasteiger partial charge is 0.481 e. The molecule has 0 aromatic rings. The lowest BCUT2D eigenvalue weighted by molar-refractivity contribution is -0.150. The maximum atomic E-state index is 11.3. The standard InChI is InChI=1S/C13H21NO4/c1-10(15)14-5-3-13(4-6-14)9-11(2-7-18-13)8-12(16)17/h11H,2-9H2,1H3,(H,16,17). The maximum absolute atomic E-state index is 11.3. The van der Waals surface area contributed by atoms with E-state index in [0.29, 0.717) is 6.61 Å². The molecule has 0 bridgehead atoms. The van der Waals surface area contributed by atoms with Crippen LogP contribution in [0.5, 0.6) is 0 Å². The van der Waals surface area contributed by atoms with Gasteiger partial charge in [-0.1, -0.05) is 0 Å². The molecule has 2 heterocycles. The molecule has 2 fully saturated rings. The number of carboxylic acids is 1. The second-order valence-electron chi connectivity index (χ2n) is 5.49. The Morgan fingerprint density at radius 2 is 2.06 bits per heavy atom. The second kappa shape index (κ2) is 5.26. The molecule has 2 rings (SSSR count). The summed E-state index contributed by atoms with van der Waals surface area (Å²) < 4.78 is 5.92. The summed E-state index contributed by atoms with van der Waals surface area (Å²) in [5.41, 5.74) is -0.176. The lowest BCUT2D eigenvalue weighted by Gasteiger charge is -2.46. The van der Waals surface area contributed by atoms with E-state index in [-0.39, 0.29) is 23.8 Å². The van der Waals surface area contributed by atoms with Crippen LogP contribution in [0.4, 0.5) is 0 Å². The minimum atomic E-state index is -0.724. The van der Waals surface area contributed by atoms with E-state index in [1.807, 2.05) is 4.90 Å². The number of carbonyl (C=O) groups is 2. The lowest BCUT2D eigenvalue weighted by Crippen LogP contribution is -2.50. The van der Waals surface area contributed by atoms with Crippen molar-refractivity contribution in [1.82, 2.24) is 4.90 Å². The van der Waals surface area contributed by atoms with Crippen LogP contribution in [0.3, 0.4) is 0 Å². The Morgan fingerprint density at radius 1 is 1.39 bits per heavy atom. The van der Waals surface area contributed by atoms with Crippen LogP contribution in [0.2, 0.25) is 0 Å². The molecule has 1 N–H and O–H groups in total. The van der Waals surface area contributed by atoms with Crippen molar-refractivity contribution in [2.75, 3.05) is 19.7 Å². The van der Waals surface area contributed by atoms with Gasteiger partial charge in [-0.05, 0) is 31.6 Å². The van der Waals surface area contributed by atoms with E-state index >= 15 is 0 Å². The third kappa shape index (κ3) is 3.02. The van der Waals surface area contributed by atoms with Crippen LogP contribution < -0.4 is 0 Å². The van der Waals surface area contributed by atoms with E-state index in [1.54, 1.807) is 6.92 Å². The molecule has 2 aliphatic heterocycles. The summed E-state index contributed by atoms with van der Waals surface area (Å²) in [4.78, 5) is 23.9. The molecule has 0 aromatic carbocycles. The third-order valence-corrected chi connectivity index (χ3v) is 4.18. The Hall–Kier alpha value is -1.10. The van der Waals surface area contributed by atoms with Crippen molar-refractivity contribution in [2.24, 2.45) is 5.92 Å². The molecular weight excluding hydrogens is 234 g/mol. The predicted octanol–water partition coefficient (Wildman–Crippen LogP) is 1.27. The minimum absolute atomic E-state index is 0.114. The zero-order valence-electron chi connectivity index (χ0n) is 10.9. The number of hydrogen-bond donors (Lipinski definition) is 1. The van der Waals surface area contributed by atoms with Crippen molar-refractivity contribution in [3.63, 3.8) is 0 Å². The molecular formula is C13H21NO4. The summed E-state index contributed by atoms with van der Waals surface area (Å²) in [7, 11) is 0. The first-order valence-corrected chi connectivity index (χ1v) is 6.62. The highest BCUT2D eigenvalue weighted by molar-refractivity contribution is 5.73. The summed E-state index contributed by atoms with van der Waals surface area (Å²) >= 11 is 0. The van der Waals surface area contributed by atoms with Gasteiger partial charge in [-0.25, -0.2) is 0 Å². The van der Waals surface area contributed by atoms with Crippen LogP contribution in [-0.2, 0) is 14.3 Å². The number of carboxylic acid groups (broad SMARTS) is 1. The molecule has 1 atom stereocenters. The van der Waals surface area contributed by atoms with Crippen LogP contribution in [0, 0.1) is 5.92 Å². The monoisotopic (exact) mass is 255 g/mol. The molecule has 102 valence electrons. The molecule has 0 saturated carbocycles. The summed E-state index contributed by atoms with van der Waals surface area (Å²) in [5, 5.41) is 8.87. The number of ether oxygens (including phenoxy) is 1. The number of hydrogen-bond acceptors (Lipinski definition) is 3. The zero-order chi connectivity index (χ0) is 13.2. The van der Waals surface area contributed by atoms with Gasteiger partial charge in [-0.3, -0.25) is 9.59 Å². The van der Waals surface area contributed by atoms with E-state index in [9.17, 15) is 9.59 Å². The van der Waals surface area contributed by atoms with E-state index in [1.165, 1.54) is 0 Å². The number of nitrogens with zero attached hydrogens (tertiary/aromatic N) is 1. The van der Waals surface area contributed by atoms with Gasteiger partial charge >= 0.3 is 5.97 Å². The zero-order valence-corrected chi connectivity index (χ0v) is 10.9. The van der Waals surface area contributed by atoms with Crippen molar-refractivity contribution < 1.29 is 19.4 Å². The van der Waals surface area contributed by atoms with Gasteiger partial charge in [0, 0.05) is 33.0 Å². The minimum Gasteiger partial charge on any atom is -0.481 e. The second-order valence-corrected chi connectivity index (χ2v) is 5.49. The van der Waals surface area contributed by atoms with E-state index in [2.05, 4.69) is 0 Å². The number of piperidine rings is 1. The van der Waals surface area contributed by atoms with E-state index in [0.717, 1.165) is 38.8 Å². The first kappa shape index (κ1) is 13.3. The highest BCUT2D eigenvalue weighted by Gasteiger charge is 2.41. The van der Waals surface area contributed by atoms with Crippen molar-refractivity contribution in [1.29, 1.82) is 0 Å². The predicted molar refractivity (Wildman–Crippen MR) is 65.1 cm³/mol. The molecule has 0 radical (unpaired) electrons. The fraction of sp³-hybridized carbons (Fsp3) is 0.846. The average molecular weight is 255 g/mol. The summed E-state index contributed by atoms with van der Waals surface area (Å²) in [6.45, 7) is 3.70. The van der Waals surface area contributed by atoms with Crippen LogP contribution in [-0.4, -0.2) is 47.2 Å². The normalized spacial score (nSPS) is 27.2. The van der Waals surface area contributed by atoms with Crippen molar-refractivity contribution in [3.8, 4) is 0 Å². The van der Waals surface area contributed by atoms with Gasteiger partial charge in [-0.2, -0.15) is 0 Å². The smallest absolute Gasteiger partial charge is 0.303 e. The summed E-state index contributed by atoms with van der Waals surface area (Å²) in [6, 6.07) is 0. The van der Waals surface area contributed by atoms with Gasteiger partial charge in [0.25, 0.3) is 0 Å². The third-order valence-electron chi connectivity index (χ3n) is 4.18. The highest BCUT2D eigenvalue weighted by Crippen LogP contribution is 2.38. The Morgan fingerprint density at radius 3 is 2.61 bits per heavy atom. The number of carbonyl (C=O) groups excluding carboxylic acids is 1. The Bertz CT molecular complexity index is 334. The van der Waals surface area contributed by atoms with Crippen LogP contribution in [0.15, 0.2) is 0 Å². The van der Waals surface area contributed by atoms with E-state index < -0.39 is 5.97 Å². The number of amides is 1. The van der Waals surface area contributed by atoms with Crippen LogP contribution >= 0.6 is 0 Å². The quantitative estimate of drug-likeness (QED) is 0.807. The Kier molecular flexibility index (Phi) is 3.90. The Labute approximate surface area is 107 Å². The molecule has 1 amide bonds. The molecule has 5 nitrogen and oxygen atoms in total. The maximum Gasteiger partial charge on any atom is 0.303 e. The average Bonchev–Trinajstić information content (AvgIpc) is 2.28. The summed E-state index contributed by atoms with van der Waals surface area (Å²) in [6.07, 6.45) is 3.57. The van der Waals surface area contributed by atoms with Gasteiger partial charge < -0.3 is 14.7 Å². The van der Waals surface area contributed by atoms with Gasteiger partial charge in [0.15, 0.2) is 0 Å². The molecule has 0 aliphatic carbocycles. The Balaban J connectivity index is 1.92. The fourth-order valence-corrected chi connectivity index (χ4v) is 3.13. The number of aliphatic carboxylic acids is 1. The van der Waals surface area contributed by atoms with E-state index in [4.69, 9.17) is 9.84 Å². The molecule has 1 spiro atoms. The SMILES string of the molecule is CC(=O)N1CCC2(CC1)CC(CC(=O)O)CCO2. The van der Waals surface area contributed by atoms with Crippen molar-refractivity contribution in [2.45, 2.75) is 44.6 Å².